The Labute approximate surface area is 149 Å². The van der Waals surface area contributed by atoms with Crippen LogP contribution in [0.25, 0.3) is 5.76 Å². The van der Waals surface area contributed by atoms with Gasteiger partial charge in [0.2, 0.25) is 0 Å². The number of hydrogen-bond donors (Lipinski definition) is 3. The largest absolute Gasteiger partial charge is 0.511 e. The predicted octanol–water partition coefficient (Wildman–Crippen LogP) is 2.41. The average molecular weight is 354 g/mol. The zero-order valence-corrected chi connectivity index (χ0v) is 14.2. The Morgan fingerprint density at radius 1 is 1.12 bits per heavy atom. The van der Waals surface area contributed by atoms with Crippen LogP contribution in [0.1, 0.15) is 30.9 Å². The van der Waals surface area contributed by atoms with Crippen LogP contribution in [0.5, 0.6) is 5.75 Å². The average Bonchev–Trinajstić information content (AvgIpc) is 2.53. The van der Waals surface area contributed by atoms with Crippen molar-refractivity contribution in [3.63, 3.8) is 0 Å². The number of phenolic OH excluding ortho intramolecular Hbond substituents is 1. The highest BCUT2D eigenvalue weighted by Crippen LogP contribution is 2.49. The Morgan fingerprint density at radius 3 is 2.54 bits per heavy atom. The van der Waals surface area contributed by atoms with E-state index in [1.54, 1.807) is 12.1 Å². The van der Waals surface area contributed by atoms with E-state index in [0.29, 0.717) is 12.8 Å². The summed E-state index contributed by atoms with van der Waals surface area (Å²) in [5, 5.41) is 31.2. The Bertz CT molecular complexity index is 936. The van der Waals surface area contributed by atoms with Crippen LogP contribution in [-0.2, 0) is 20.8 Å². The molecule has 0 heterocycles. The molecule has 3 atom stereocenters. The number of benzene rings is 1. The number of aromatic hydroxyl groups is 1. The normalized spacial score (nSPS) is 27.8. The van der Waals surface area contributed by atoms with Crippen LogP contribution in [0.2, 0.25) is 0 Å². The van der Waals surface area contributed by atoms with Gasteiger partial charge in [-0.25, -0.2) is 0 Å². The second-order valence-electron chi connectivity index (χ2n) is 7.26. The molecule has 0 aromatic heterocycles. The third-order valence-electron chi connectivity index (χ3n) is 5.73. The first-order valence-electron chi connectivity index (χ1n) is 8.57. The van der Waals surface area contributed by atoms with Gasteiger partial charge in [-0.2, -0.15) is 0 Å². The lowest BCUT2D eigenvalue weighted by molar-refractivity contribution is -0.127. The number of aliphatic hydroxyl groups is 2. The lowest BCUT2D eigenvalue weighted by atomic mass is 9.61. The molecule has 0 saturated heterocycles. The van der Waals surface area contributed by atoms with E-state index < -0.39 is 34.9 Å². The molecule has 3 N–H and O–H groups in total. The number of ketones is 3. The monoisotopic (exact) mass is 354 g/mol. The van der Waals surface area contributed by atoms with Crippen molar-refractivity contribution in [1.82, 2.24) is 0 Å². The molecule has 1 fully saturated rings. The van der Waals surface area contributed by atoms with Crippen molar-refractivity contribution in [2.45, 2.75) is 26.2 Å². The number of carbonyl (C=O) groups is 3. The highest BCUT2D eigenvalue weighted by atomic mass is 16.3. The molecular weight excluding hydrogens is 336 g/mol. The number of carbonyl (C=O) groups excluding carboxylic acids is 3. The van der Waals surface area contributed by atoms with Crippen LogP contribution >= 0.6 is 0 Å². The van der Waals surface area contributed by atoms with Gasteiger partial charge in [0.1, 0.15) is 17.3 Å². The van der Waals surface area contributed by atoms with Crippen molar-refractivity contribution >= 4 is 23.1 Å². The van der Waals surface area contributed by atoms with Crippen molar-refractivity contribution < 1.29 is 29.7 Å². The molecule has 6 heteroatoms. The molecule has 1 aromatic rings. The zero-order chi connectivity index (χ0) is 18.7. The van der Waals surface area contributed by atoms with Gasteiger partial charge >= 0.3 is 0 Å². The summed E-state index contributed by atoms with van der Waals surface area (Å²) in [6.07, 6.45) is 0.953. The molecule has 1 aromatic carbocycles. The number of allylic oxidation sites excluding steroid dienone is 3. The molecule has 3 aliphatic rings. The minimum Gasteiger partial charge on any atom is -0.511 e. The quantitative estimate of drug-likeness (QED) is 0.668. The number of phenols is 1. The van der Waals surface area contributed by atoms with Crippen molar-refractivity contribution in [1.29, 1.82) is 0 Å². The van der Waals surface area contributed by atoms with Gasteiger partial charge < -0.3 is 15.3 Å². The van der Waals surface area contributed by atoms with E-state index in [2.05, 4.69) is 0 Å². The zero-order valence-electron chi connectivity index (χ0n) is 14.2. The molecule has 0 aliphatic heterocycles. The molecule has 3 unspecified atom stereocenters. The van der Waals surface area contributed by atoms with Crippen molar-refractivity contribution in [3.05, 3.63) is 46.2 Å². The molecule has 0 spiro atoms. The lowest BCUT2D eigenvalue weighted by Crippen LogP contribution is -2.43. The van der Waals surface area contributed by atoms with Crippen LogP contribution in [0, 0.1) is 17.8 Å². The molecule has 0 amide bonds. The maximum absolute atomic E-state index is 13.1. The Morgan fingerprint density at radius 2 is 1.85 bits per heavy atom. The fourth-order valence-electron chi connectivity index (χ4n) is 4.69. The number of hydrogen-bond acceptors (Lipinski definition) is 6. The predicted molar refractivity (Wildman–Crippen MR) is 91.4 cm³/mol. The first-order chi connectivity index (χ1) is 12.3. The summed E-state index contributed by atoms with van der Waals surface area (Å²) >= 11 is 0. The standard InChI is InChI=1S/C20H18O6/c1-8(21)14-13(23)7-11-6-10-5-9-3-2-4-12(22)15(9)19(25)16(10)20(26)17(11)18(14)24/h2-4,10-11,17,22,24-25H,5-7H2,1H3. The van der Waals surface area contributed by atoms with E-state index in [4.69, 9.17) is 0 Å². The van der Waals surface area contributed by atoms with Gasteiger partial charge in [0, 0.05) is 12.0 Å². The molecule has 134 valence electrons. The van der Waals surface area contributed by atoms with Gasteiger partial charge in [0.25, 0.3) is 0 Å². The lowest BCUT2D eigenvalue weighted by Gasteiger charge is -2.41. The summed E-state index contributed by atoms with van der Waals surface area (Å²) in [4.78, 5) is 37.0. The van der Waals surface area contributed by atoms with E-state index in [1.165, 1.54) is 13.0 Å². The highest BCUT2D eigenvalue weighted by Gasteiger charge is 2.50. The minimum atomic E-state index is -0.993. The first-order valence-corrected chi connectivity index (χ1v) is 8.57. The van der Waals surface area contributed by atoms with Gasteiger partial charge in [0.05, 0.1) is 17.1 Å². The minimum absolute atomic E-state index is 0.0345. The van der Waals surface area contributed by atoms with Crippen LogP contribution < -0.4 is 0 Å². The van der Waals surface area contributed by atoms with Crippen LogP contribution in [-0.4, -0.2) is 32.7 Å². The summed E-state index contributed by atoms with van der Waals surface area (Å²) in [7, 11) is 0. The molecule has 1 saturated carbocycles. The maximum atomic E-state index is 13.1. The van der Waals surface area contributed by atoms with E-state index in [0.717, 1.165) is 5.56 Å². The SMILES string of the molecule is CC(=O)C1=C(O)C2C(=O)C3=C(O)c4c(O)cccc4CC3CC2CC1=O. The summed E-state index contributed by atoms with van der Waals surface area (Å²) in [6, 6.07) is 4.91. The molecule has 0 bridgehead atoms. The number of Topliss-reactive ketones (excluding diaryl/α,β-unsaturated/α-hetero) is 3. The molecular formula is C20H18O6. The maximum Gasteiger partial charge on any atom is 0.173 e. The van der Waals surface area contributed by atoms with Crippen LogP contribution in [0.4, 0.5) is 0 Å². The topological polar surface area (TPSA) is 112 Å². The van der Waals surface area contributed by atoms with Gasteiger partial charge in [-0.1, -0.05) is 12.1 Å². The fraction of sp³-hybridized carbons (Fsp3) is 0.350. The molecule has 3 aliphatic carbocycles. The smallest absolute Gasteiger partial charge is 0.173 e. The number of aliphatic hydroxyl groups excluding tert-OH is 2. The van der Waals surface area contributed by atoms with E-state index in [1.807, 2.05) is 0 Å². The molecule has 26 heavy (non-hydrogen) atoms. The Balaban J connectivity index is 1.87. The van der Waals surface area contributed by atoms with Crippen LogP contribution in [0.15, 0.2) is 35.1 Å². The number of fused-ring (bicyclic) bond motifs is 3. The van der Waals surface area contributed by atoms with E-state index >= 15 is 0 Å². The summed E-state index contributed by atoms with van der Waals surface area (Å²) in [5.41, 5.74) is 0.850. The first kappa shape index (κ1) is 16.6. The second-order valence-corrected chi connectivity index (χ2v) is 7.26. The molecule has 6 nitrogen and oxygen atoms in total. The van der Waals surface area contributed by atoms with Gasteiger partial charge in [0.15, 0.2) is 17.3 Å². The van der Waals surface area contributed by atoms with Crippen molar-refractivity contribution in [3.8, 4) is 5.75 Å². The highest BCUT2D eigenvalue weighted by molar-refractivity contribution is 6.21. The third kappa shape index (κ3) is 2.14. The molecule has 4 rings (SSSR count). The summed E-state index contributed by atoms with van der Waals surface area (Å²) in [6.45, 7) is 1.19. The van der Waals surface area contributed by atoms with Gasteiger partial charge in [-0.15, -0.1) is 0 Å². The van der Waals surface area contributed by atoms with Crippen LogP contribution in [0.3, 0.4) is 0 Å². The van der Waals surface area contributed by atoms with Crippen molar-refractivity contribution in [2.75, 3.05) is 0 Å². The Hall–Kier alpha value is -2.89. The second kappa shape index (κ2) is 5.56. The van der Waals surface area contributed by atoms with Gasteiger partial charge in [-0.05, 0) is 43.2 Å². The fourth-order valence-corrected chi connectivity index (χ4v) is 4.69. The summed E-state index contributed by atoms with van der Waals surface area (Å²) < 4.78 is 0. The van der Waals surface area contributed by atoms with Crippen molar-refractivity contribution in [2.24, 2.45) is 17.8 Å². The van der Waals surface area contributed by atoms with E-state index in [-0.39, 0.29) is 40.6 Å². The molecule has 0 radical (unpaired) electrons. The van der Waals surface area contributed by atoms with E-state index in [9.17, 15) is 29.7 Å². The van der Waals surface area contributed by atoms with Gasteiger partial charge in [-0.3, -0.25) is 14.4 Å². The Kier molecular flexibility index (Phi) is 3.54. The summed E-state index contributed by atoms with van der Waals surface area (Å²) in [5.74, 6) is -3.99. The third-order valence-corrected chi connectivity index (χ3v) is 5.73. The number of rotatable bonds is 1.